The number of hydrogen-bond donors (Lipinski definition) is 0. The molecule has 1 heterocycles. The molecule has 0 unspecified atom stereocenters. The molecule has 0 atom stereocenters. The van der Waals surface area contributed by atoms with Crippen molar-refractivity contribution in [2.45, 2.75) is 0 Å². The maximum atomic E-state index is 8.70. The molecule has 13 heavy (non-hydrogen) atoms. The molecule has 0 aliphatic heterocycles. The Bertz CT molecular complexity index is 512. The van der Waals surface area contributed by atoms with Crippen LogP contribution in [0.15, 0.2) is 22.7 Å². The number of halogens is 2. The molecule has 4 heteroatoms. The fourth-order valence-electron chi connectivity index (χ4n) is 1.10. The lowest BCUT2D eigenvalue weighted by atomic mass is 10.2. The van der Waals surface area contributed by atoms with Gasteiger partial charge < -0.3 is 0 Å². The van der Waals surface area contributed by atoms with E-state index in [-0.39, 0.29) is 0 Å². The van der Waals surface area contributed by atoms with E-state index in [4.69, 9.17) is 16.9 Å². The monoisotopic (exact) mass is 271 g/mol. The quantitative estimate of drug-likeness (QED) is 0.705. The van der Waals surface area contributed by atoms with Crippen molar-refractivity contribution in [3.63, 3.8) is 0 Å². The number of nitriles is 1. The van der Waals surface area contributed by atoms with Crippen molar-refractivity contribution < 1.29 is 0 Å². The first-order valence-corrected chi connectivity index (χ1v) is 5.49. The highest BCUT2D eigenvalue weighted by Gasteiger charge is 2.07. The summed E-state index contributed by atoms with van der Waals surface area (Å²) >= 11 is 10.8. The smallest absolute Gasteiger partial charge is 0.110 e. The summed E-state index contributed by atoms with van der Waals surface area (Å²) in [4.78, 5) is 0.690. The summed E-state index contributed by atoms with van der Waals surface area (Å²) in [5.74, 6) is 0. The van der Waals surface area contributed by atoms with Gasteiger partial charge in [0.25, 0.3) is 0 Å². The first kappa shape index (κ1) is 9.01. The second-order valence-corrected chi connectivity index (χ2v) is 4.79. The average Bonchev–Trinajstić information content (AvgIpc) is 2.55. The van der Waals surface area contributed by atoms with Crippen LogP contribution in [0.4, 0.5) is 0 Å². The number of hydrogen-bond acceptors (Lipinski definition) is 2. The zero-order chi connectivity index (χ0) is 9.42. The molecule has 0 radical (unpaired) electrons. The number of rotatable bonds is 0. The minimum absolute atomic E-state index is 0.684. The van der Waals surface area contributed by atoms with Gasteiger partial charge in [0.15, 0.2) is 0 Å². The Morgan fingerprint density at radius 1 is 1.46 bits per heavy atom. The molecule has 2 aromatic rings. The van der Waals surface area contributed by atoms with E-state index in [2.05, 4.69) is 22.0 Å². The van der Waals surface area contributed by atoms with Crippen LogP contribution in [0.2, 0.25) is 5.02 Å². The lowest BCUT2D eigenvalue weighted by molar-refractivity contribution is 1.52. The molecule has 1 aromatic carbocycles. The molecule has 0 spiro atoms. The first-order valence-electron chi connectivity index (χ1n) is 3.50. The Kier molecular flexibility index (Phi) is 2.29. The number of nitrogens with zero attached hydrogens (tertiary/aromatic N) is 1. The molecule has 0 saturated heterocycles. The minimum Gasteiger partial charge on any atom is -0.192 e. The van der Waals surface area contributed by atoms with Crippen LogP contribution in [0.1, 0.15) is 4.88 Å². The summed E-state index contributed by atoms with van der Waals surface area (Å²) in [6, 6.07) is 7.79. The van der Waals surface area contributed by atoms with Crippen LogP contribution >= 0.6 is 38.9 Å². The molecular weight excluding hydrogens is 270 g/mol. The maximum absolute atomic E-state index is 8.70. The topological polar surface area (TPSA) is 23.8 Å². The van der Waals surface area contributed by atoms with Gasteiger partial charge in [-0.2, -0.15) is 5.26 Å². The van der Waals surface area contributed by atoms with E-state index in [0.717, 1.165) is 14.6 Å². The fraction of sp³-hybridized carbons (Fsp3) is 0. The van der Waals surface area contributed by atoms with Crippen LogP contribution in [0, 0.1) is 11.3 Å². The molecule has 2 rings (SSSR count). The summed E-state index contributed by atoms with van der Waals surface area (Å²) in [6.07, 6.45) is 0. The highest BCUT2D eigenvalue weighted by molar-refractivity contribution is 9.10. The van der Waals surface area contributed by atoms with Gasteiger partial charge in [0, 0.05) is 4.47 Å². The second-order valence-electron chi connectivity index (χ2n) is 2.50. The van der Waals surface area contributed by atoms with Gasteiger partial charge in [-0.25, -0.2) is 0 Å². The van der Waals surface area contributed by atoms with Crippen molar-refractivity contribution in [1.29, 1.82) is 5.26 Å². The van der Waals surface area contributed by atoms with Crippen LogP contribution in [-0.4, -0.2) is 0 Å². The summed E-state index contributed by atoms with van der Waals surface area (Å²) in [7, 11) is 0. The van der Waals surface area contributed by atoms with E-state index in [1.54, 1.807) is 0 Å². The van der Waals surface area contributed by atoms with Crippen molar-refractivity contribution in [3.05, 3.63) is 32.6 Å². The number of thiophene rings is 1. The zero-order valence-electron chi connectivity index (χ0n) is 6.34. The number of benzene rings is 1. The standard InChI is InChI=1S/C9H3BrClNS/c10-7-2-1-5-3-6(4-12)13-9(5)8(7)11/h1-3H. The third kappa shape index (κ3) is 1.46. The van der Waals surface area contributed by atoms with Gasteiger partial charge in [0.05, 0.1) is 9.72 Å². The summed E-state index contributed by atoms with van der Waals surface area (Å²) in [6.45, 7) is 0. The molecule has 0 amide bonds. The third-order valence-electron chi connectivity index (χ3n) is 1.69. The van der Waals surface area contributed by atoms with Crippen molar-refractivity contribution in [2.75, 3.05) is 0 Å². The van der Waals surface area contributed by atoms with Crippen LogP contribution < -0.4 is 0 Å². The lowest BCUT2D eigenvalue weighted by Gasteiger charge is -1.95. The van der Waals surface area contributed by atoms with Crippen molar-refractivity contribution in [2.24, 2.45) is 0 Å². The van der Waals surface area contributed by atoms with Crippen molar-refractivity contribution in [1.82, 2.24) is 0 Å². The lowest BCUT2D eigenvalue weighted by Crippen LogP contribution is -1.67. The van der Waals surface area contributed by atoms with E-state index < -0.39 is 0 Å². The minimum atomic E-state index is 0.684. The largest absolute Gasteiger partial charge is 0.192 e. The van der Waals surface area contributed by atoms with E-state index in [1.165, 1.54) is 11.3 Å². The predicted octanol–water partition coefficient (Wildman–Crippen LogP) is 4.19. The first-order chi connectivity index (χ1) is 6.22. The zero-order valence-corrected chi connectivity index (χ0v) is 9.50. The Labute approximate surface area is 92.7 Å². The molecule has 64 valence electrons. The van der Waals surface area contributed by atoms with E-state index in [1.807, 2.05) is 18.2 Å². The Hall–Kier alpha value is -0.560. The molecule has 0 aliphatic rings. The predicted molar refractivity (Wildman–Crippen MR) is 59.3 cm³/mol. The highest BCUT2D eigenvalue weighted by Crippen LogP contribution is 2.36. The molecule has 1 nitrogen and oxygen atoms in total. The van der Waals surface area contributed by atoms with Crippen LogP contribution in [0.25, 0.3) is 10.1 Å². The van der Waals surface area contributed by atoms with E-state index in [9.17, 15) is 0 Å². The van der Waals surface area contributed by atoms with Gasteiger partial charge in [-0.05, 0) is 33.4 Å². The molecule has 0 saturated carbocycles. The van der Waals surface area contributed by atoms with E-state index >= 15 is 0 Å². The van der Waals surface area contributed by atoms with Gasteiger partial charge in [0.1, 0.15) is 10.9 Å². The van der Waals surface area contributed by atoms with Crippen molar-refractivity contribution in [3.8, 4) is 6.07 Å². The summed E-state index contributed by atoms with van der Waals surface area (Å²) < 4.78 is 1.83. The van der Waals surface area contributed by atoms with Crippen LogP contribution in [-0.2, 0) is 0 Å². The Morgan fingerprint density at radius 3 is 2.92 bits per heavy atom. The summed E-state index contributed by atoms with van der Waals surface area (Å²) in [5.41, 5.74) is 0. The van der Waals surface area contributed by atoms with E-state index in [0.29, 0.717) is 9.90 Å². The van der Waals surface area contributed by atoms with Crippen LogP contribution in [0.5, 0.6) is 0 Å². The molecule has 0 fully saturated rings. The summed E-state index contributed by atoms with van der Waals surface area (Å²) in [5, 5.41) is 10.4. The van der Waals surface area contributed by atoms with Crippen LogP contribution in [0.3, 0.4) is 0 Å². The second kappa shape index (κ2) is 3.30. The SMILES string of the molecule is N#Cc1cc2ccc(Br)c(Cl)c2s1. The van der Waals surface area contributed by atoms with Gasteiger partial charge >= 0.3 is 0 Å². The molecule has 0 bridgehead atoms. The fourth-order valence-corrected chi connectivity index (χ4v) is 2.75. The average molecular weight is 273 g/mol. The van der Waals surface area contributed by atoms with Gasteiger partial charge in [-0.3, -0.25) is 0 Å². The molecule has 0 aliphatic carbocycles. The van der Waals surface area contributed by atoms with Gasteiger partial charge in [-0.15, -0.1) is 11.3 Å². The van der Waals surface area contributed by atoms with Gasteiger partial charge in [-0.1, -0.05) is 17.7 Å². The Balaban J connectivity index is 2.86. The number of fused-ring (bicyclic) bond motifs is 1. The normalized spacial score (nSPS) is 10.2. The third-order valence-corrected chi connectivity index (χ3v) is 4.16. The Morgan fingerprint density at radius 2 is 2.23 bits per heavy atom. The molecule has 0 N–H and O–H groups in total. The van der Waals surface area contributed by atoms with Crippen molar-refractivity contribution >= 4 is 49.0 Å². The highest BCUT2D eigenvalue weighted by atomic mass is 79.9. The molecule has 1 aromatic heterocycles. The molecular formula is C9H3BrClNS. The maximum Gasteiger partial charge on any atom is 0.110 e. The van der Waals surface area contributed by atoms with Gasteiger partial charge in [0.2, 0.25) is 0 Å².